The number of imidazole rings is 1. The SMILES string of the molecule is Nc1ncnc2c1ncn2C1OC(COP(=O)(O)OP(=O)(O)CP(=O)([O-])O)C(O)C1O. The summed E-state index contributed by atoms with van der Waals surface area (Å²) in [5.74, 6) is -1.77. The van der Waals surface area contributed by atoms with Crippen LogP contribution >= 0.6 is 23.0 Å². The molecule has 0 amide bonds. The average Bonchev–Trinajstić information content (AvgIpc) is 3.13. The van der Waals surface area contributed by atoms with E-state index < -0.39 is 60.1 Å². The van der Waals surface area contributed by atoms with E-state index in [-0.39, 0.29) is 17.0 Å². The van der Waals surface area contributed by atoms with Crippen LogP contribution in [0.1, 0.15) is 6.23 Å². The van der Waals surface area contributed by atoms with E-state index >= 15 is 0 Å². The van der Waals surface area contributed by atoms with E-state index in [0.717, 1.165) is 6.33 Å². The molecule has 2 aromatic heterocycles. The van der Waals surface area contributed by atoms with Crippen LogP contribution in [0.5, 0.6) is 0 Å². The second-order valence-electron chi connectivity index (χ2n) is 6.39. The van der Waals surface area contributed by atoms with Crippen LogP contribution in [-0.2, 0) is 27.3 Å². The summed E-state index contributed by atoms with van der Waals surface area (Å²) < 4.78 is 49.1. The summed E-state index contributed by atoms with van der Waals surface area (Å²) in [5, 5.41) is 20.4. The van der Waals surface area contributed by atoms with Gasteiger partial charge in [0.15, 0.2) is 17.7 Å². The van der Waals surface area contributed by atoms with Gasteiger partial charge in [0.25, 0.3) is 0 Å². The smallest absolute Gasteiger partial charge is 0.479 e. The molecule has 0 aliphatic carbocycles. The maximum Gasteiger partial charge on any atom is 0.479 e. The molecule has 3 rings (SSSR count). The first-order valence-corrected chi connectivity index (χ1v) is 13.2. The van der Waals surface area contributed by atoms with Gasteiger partial charge in [0, 0.05) is 0 Å². The topological polar surface area (TPSA) is 273 Å². The van der Waals surface area contributed by atoms with Gasteiger partial charge in [-0.25, -0.2) is 23.8 Å². The minimum Gasteiger partial charge on any atom is -0.778 e. The molecule has 7 N–H and O–H groups in total. The monoisotopic (exact) mass is 504 g/mol. The molecule has 1 aliphatic heterocycles. The number of hydrogen-bond acceptors (Lipinski definition) is 13. The van der Waals surface area contributed by atoms with Gasteiger partial charge in [-0.1, -0.05) is 0 Å². The quantitative estimate of drug-likeness (QED) is 0.209. The molecule has 0 bridgehead atoms. The van der Waals surface area contributed by atoms with Gasteiger partial charge < -0.3 is 44.8 Å². The fourth-order valence-corrected chi connectivity index (χ4v) is 7.05. The van der Waals surface area contributed by atoms with Crippen molar-refractivity contribution in [3.8, 4) is 0 Å². The zero-order chi connectivity index (χ0) is 23.2. The van der Waals surface area contributed by atoms with Crippen molar-refractivity contribution in [2.75, 3.05) is 18.2 Å². The van der Waals surface area contributed by atoms with Crippen LogP contribution in [0.4, 0.5) is 5.82 Å². The Labute approximate surface area is 172 Å². The lowest BCUT2D eigenvalue weighted by molar-refractivity contribution is -0.192. The minimum atomic E-state index is -5.34. The molecular formula is C11H17N5O12P3-. The Kier molecular flexibility index (Phi) is 6.71. The molecule has 7 atom stereocenters. The highest BCUT2D eigenvalue weighted by Crippen LogP contribution is 2.64. The Bertz CT molecular complexity index is 1110. The lowest BCUT2D eigenvalue weighted by Crippen LogP contribution is -2.33. The fourth-order valence-electron chi connectivity index (χ4n) is 2.76. The number of anilines is 1. The predicted molar refractivity (Wildman–Crippen MR) is 97.0 cm³/mol. The Balaban J connectivity index is 1.69. The Morgan fingerprint density at radius 1 is 1.16 bits per heavy atom. The van der Waals surface area contributed by atoms with Crippen LogP contribution in [-0.4, -0.2) is 75.2 Å². The number of aliphatic hydroxyl groups is 2. The average molecular weight is 504 g/mol. The molecule has 7 unspecified atom stereocenters. The second-order valence-corrected chi connectivity index (χ2v) is 11.9. The highest BCUT2D eigenvalue weighted by atomic mass is 31.3. The van der Waals surface area contributed by atoms with Crippen LogP contribution in [0.2, 0.25) is 0 Å². The van der Waals surface area contributed by atoms with Crippen molar-refractivity contribution in [1.82, 2.24) is 19.5 Å². The molecule has 174 valence electrons. The van der Waals surface area contributed by atoms with E-state index in [1.165, 1.54) is 10.9 Å². The summed E-state index contributed by atoms with van der Waals surface area (Å²) in [4.78, 5) is 49.8. The lowest BCUT2D eigenvalue weighted by Gasteiger charge is -2.22. The van der Waals surface area contributed by atoms with Crippen molar-refractivity contribution in [2.45, 2.75) is 24.5 Å². The molecule has 1 aliphatic rings. The first-order valence-electron chi connectivity index (χ1n) is 8.17. The molecule has 0 aromatic carbocycles. The molecule has 17 nitrogen and oxygen atoms in total. The number of fused-ring (bicyclic) bond motifs is 1. The van der Waals surface area contributed by atoms with Gasteiger partial charge >= 0.3 is 15.4 Å². The van der Waals surface area contributed by atoms with Gasteiger partial charge in [-0.15, -0.1) is 0 Å². The number of phosphoric acid groups is 1. The largest absolute Gasteiger partial charge is 0.778 e. The van der Waals surface area contributed by atoms with E-state index in [0.29, 0.717) is 0 Å². The van der Waals surface area contributed by atoms with Crippen molar-refractivity contribution < 1.29 is 57.1 Å². The van der Waals surface area contributed by atoms with Crippen molar-refractivity contribution in [2.24, 2.45) is 0 Å². The first-order chi connectivity index (χ1) is 14.2. The normalized spacial score (nSPS) is 30.0. The Morgan fingerprint density at radius 3 is 2.48 bits per heavy atom. The zero-order valence-electron chi connectivity index (χ0n) is 15.2. The zero-order valence-corrected chi connectivity index (χ0v) is 17.9. The van der Waals surface area contributed by atoms with Crippen LogP contribution < -0.4 is 10.6 Å². The van der Waals surface area contributed by atoms with Gasteiger partial charge in [0.2, 0.25) is 0 Å². The fraction of sp³-hybridized carbons (Fsp3) is 0.545. The number of ether oxygens (including phenoxy) is 1. The van der Waals surface area contributed by atoms with E-state index in [1.54, 1.807) is 0 Å². The minimum absolute atomic E-state index is 0.0500. The number of nitrogens with zero attached hydrogens (tertiary/aromatic N) is 4. The van der Waals surface area contributed by atoms with E-state index in [2.05, 4.69) is 23.8 Å². The number of nitrogens with two attached hydrogens (primary N) is 1. The number of nitrogen functional groups attached to an aromatic ring is 1. The second kappa shape index (κ2) is 8.56. The molecule has 0 saturated carbocycles. The number of aromatic nitrogens is 4. The number of rotatable bonds is 8. The van der Waals surface area contributed by atoms with Crippen LogP contribution in [0.3, 0.4) is 0 Å². The molecular weight excluding hydrogens is 487 g/mol. The summed E-state index contributed by atoms with van der Waals surface area (Å²) in [6, 6.07) is 0. The summed E-state index contributed by atoms with van der Waals surface area (Å²) in [6.07, 6.45) is -3.59. The van der Waals surface area contributed by atoms with Gasteiger partial charge in [-0.3, -0.25) is 13.7 Å². The van der Waals surface area contributed by atoms with Crippen LogP contribution in [0.25, 0.3) is 11.2 Å². The van der Waals surface area contributed by atoms with Gasteiger partial charge in [-0.05, 0) is 0 Å². The standard InChI is InChI=1S/C11H18N5O12P3/c12-9-6-10(14-2-13-9)16(3-15-6)11-8(18)7(17)5(27-11)1-26-31(24,25)28-30(22,23)4-29(19,20)21/h2-3,5,7-8,11,17-18H,1,4H2,(H,22,23)(H,24,25)(H2,12,13,14)(H2,19,20,21)/p-1. The molecule has 3 heterocycles. The summed E-state index contributed by atoms with van der Waals surface area (Å²) in [7, 11) is -15.9. The van der Waals surface area contributed by atoms with E-state index in [4.69, 9.17) is 15.4 Å². The highest BCUT2D eigenvalue weighted by Gasteiger charge is 2.46. The molecule has 0 spiro atoms. The predicted octanol–water partition coefficient (Wildman–Crippen LogP) is -2.15. The Morgan fingerprint density at radius 2 is 1.84 bits per heavy atom. The number of phosphoric ester groups is 1. The summed E-state index contributed by atoms with van der Waals surface area (Å²) in [5.41, 5.74) is 6.03. The maximum absolute atomic E-state index is 11.8. The lowest BCUT2D eigenvalue weighted by atomic mass is 10.1. The summed E-state index contributed by atoms with van der Waals surface area (Å²) >= 11 is 0. The Hall–Kier alpha value is -1.32. The third-order valence-electron chi connectivity index (χ3n) is 3.99. The first kappa shape index (κ1) is 24.3. The van der Waals surface area contributed by atoms with Gasteiger partial charge in [-0.2, -0.15) is 0 Å². The third-order valence-corrected chi connectivity index (χ3v) is 9.17. The van der Waals surface area contributed by atoms with Crippen molar-refractivity contribution >= 4 is 40.0 Å². The van der Waals surface area contributed by atoms with E-state index in [9.17, 15) is 38.6 Å². The molecule has 1 fully saturated rings. The van der Waals surface area contributed by atoms with Crippen molar-refractivity contribution in [3.63, 3.8) is 0 Å². The van der Waals surface area contributed by atoms with E-state index in [1.807, 2.05) is 0 Å². The number of aliphatic hydroxyl groups excluding tert-OH is 2. The number of hydrogen-bond donors (Lipinski definition) is 6. The van der Waals surface area contributed by atoms with Crippen LogP contribution in [0, 0.1) is 0 Å². The molecule has 1 saturated heterocycles. The third kappa shape index (κ3) is 5.73. The van der Waals surface area contributed by atoms with Gasteiger partial charge in [0.05, 0.1) is 12.9 Å². The summed E-state index contributed by atoms with van der Waals surface area (Å²) in [6.45, 7) is -0.916. The van der Waals surface area contributed by atoms with Crippen LogP contribution in [0.15, 0.2) is 12.7 Å². The maximum atomic E-state index is 11.8. The molecule has 0 radical (unpaired) electrons. The van der Waals surface area contributed by atoms with Crippen molar-refractivity contribution in [3.05, 3.63) is 12.7 Å². The molecule has 31 heavy (non-hydrogen) atoms. The highest BCUT2D eigenvalue weighted by molar-refractivity contribution is 7.73. The van der Waals surface area contributed by atoms with Crippen molar-refractivity contribution in [1.29, 1.82) is 0 Å². The molecule has 2 aromatic rings. The molecule has 20 heteroatoms. The van der Waals surface area contributed by atoms with Gasteiger partial charge in [0.1, 0.15) is 43.7 Å².